The van der Waals surface area contributed by atoms with E-state index in [0.717, 1.165) is 35.4 Å². The van der Waals surface area contributed by atoms with Gasteiger partial charge in [-0.25, -0.2) is 9.78 Å². The number of nitrogens with one attached hydrogen (secondary N) is 1. The van der Waals surface area contributed by atoms with E-state index in [1.165, 1.54) is 0 Å². The molecule has 2 aliphatic rings. The van der Waals surface area contributed by atoms with Crippen molar-refractivity contribution in [1.82, 2.24) is 15.0 Å². The molecule has 7 nitrogen and oxygen atoms in total. The molecular formula is C26H30BN3O4. The molecule has 0 saturated carbocycles. The zero-order chi connectivity index (χ0) is 23.9. The Bertz CT molecular complexity index is 1140. The minimum atomic E-state index is -0.386. The lowest BCUT2D eigenvalue weighted by Crippen LogP contribution is -2.41. The first-order valence-electron chi connectivity index (χ1n) is 11.8. The van der Waals surface area contributed by atoms with Crippen molar-refractivity contribution >= 4 is 18.6 Å². The minimum absolute atomic E-state index is 0.0922. The maximum absolute atomic E-state index is 12.5. The normalized spacial score (nSPS) is 21.6. The highest BCUT2D eigenvalue weighted by Crippen LogP contribution is 2.37. The van der Waals surface area contributed by atoms with Crippen molar-refractivity contribution in [2.45, 2.75) is 57.8 Å². The van der Waals surface area contributed by atoms with E-state index in [-0.39, 0.29) is 30.3 Å². The van der Waals surface area contributed by atoms with Gasteiger partial charge in [-0.05, 0) is 63.7 Å². The lowest BCUT2D eigenvalue weighted by Gasteiger charge is -2.32. The Morgan fingerprint density at radius 3 is 2.41 bits per heavy atom. The summed E-state index contributed by atoms with van der Waals surface area (Å²) in [6.45, 7) is 8.89. The molecule has 2 aliphatic heterocycles. The number of benzene rings is 2. The predicted molar refractivity (Wildman–Crippen MR) is 130 cm³/mol. The van der Waals surface area contributed by atoms with Gasteiger partial charge in [-0.3, -0.25) is 0 Å². The van der Waals surface area contributed by atoms with Crippen molar-refractivity contribution in [3.8, 4) is 11.3 Å². The van der Waals surface area contributed by atoms with E-state index in [9.17, 15) is 4.79 Å². The molecule has 0 unspecified atom stereocenters. The van der Waals surface area contributed by atoms with Crippen LogP contribution >= 0.6 is 0 Å². The van der Waals surface area contributed by atoms with Crippen LogP contribution in [0.2, 0.25) is 0 Å². The van der Waals surface area contributed by atoms with E-state index < -0.39 is 0 Å². The number of hydroxylamine groups is 2. The predicted octanol–water partition coefficient (Wildman–Crippen LogP) is 4.28. The van der Waals surface area contributed by atoms with Crippen LogP contribution in [0, 0.1) is 0 Å². The topological polar surface area (TPSA) is 76.7 Å². The SMILES string of the molecule is CC1(C)OB(c2ccc(-c3cnc([C@@H]4CCCN4OC(=O)c4ccccc4)[nH]3)cc2)OC1(C)C. The lowest BCUT2D eigenvalue weighted by molar-refractivity contribution is -0.121. The molecule has 2 fully saturated rings. The molecule has 0 spiro atoms. The van der Waals surface area contributed by atoms with Crippen LogP contribution in [0.5, 0.6) is 0 Å². The van der Waals surface area contributed by atoms with Crippen LogP contribution in [0.4, 0.5) is 0 Å². The third-order valence-corrected chi connectivity index (χ3v) is 7.07. The number of aromatic nitrogens is 2. The second-order valence-electron chi connectivity index (χ2n) is 9.94. The van der Waals surface area contributed by atoms with Crippen molar-refractivity contribution < 1.29 is 18.9 Å². The first-order chi connectivity index (χ1) is 16.2. The maximum Gasteiger partial charge on any atom is 0.494 e. The Morgan fingerprint density at radius 1 is 1.06 bits per heavy atom. The van der Waals surface area contributed by atoms with Gasteiger partial charge < -0.3 is 19.1 Å². The second kappa shape index (κ2) is 8.69. The summed E-state index contributed by atoms with van der Waals surface area (Å²) in [5, 5.41) is 1.74. The quantitative estimate of drug-likeness (QED) is 0.574. The van der Waals surface area contributed by atoms with Gasteiger partial charge in [-0.15, -0.1) is 5.06 Å². The summed E-state index contributed by atoms with van der Waals surface area (Å²) in [7, 11) is -0.386. The Morgan fingerprint density at radius 2 is 1.74 bits per heavy atom. The van der Waals surface area contributed by atoms with Crippen LogP contribution in [0.1, 0.15) is 62.8 Å². The Kier molecular flexibility index (Phi) is 5.84. The van der Waals surface area contributed by atoms with Crippen LogP contribution in [-0.4, -0.2) is 45.9 Å². The summed E-state index contributed by atoms with van der Waals surface area (Å²) in [5.41, 5.74) is 2.71. The number of imidazole rings is 1. The monoisotopic (exact) mass is 459 g/mol. The number of H-pyrrole nitrogens is 1. The number of carbonyl (C=O) groups excluding carboxylic acids is 1. The summed E-state index contributed by atoms with van der Waals surface area (Å²) >= 11 is 0. The molecule has 0 amide bonds. The average Bonchev–Trinajstić information content (AvgIpc) is 3.52. The fraction of sp³-hybridized carbons (Fsp3) is 0.385. The lowest BCUT2D eigenvalue weighted by atomic mass is 9.79. The van der Waals surface area contributed by atoms with E-state index in [2.05, 4.69) is 37.7 Å². The molecule has 5 rings (SSSR count). The van der Waals surface area contributed by atoms with Crippen molar-refractivity contribution in [2.24, 2.45) is 0 Å². The second-order valence-corrected chi connectivity index (χ2v) is 9.94. The number of hydrogen-bond acceptors (Lipinski definition) is 6. The Balaban J connectivity index is 1.28. The molecule has 1 N–H and O–H groups in total. The smallest absolute Gasteiger partial charge is 0.399 e. The highest BCUT2D eigenvalue weighted by molar-refractivity contribution is 6.62. The van der Waals surface area contributed by atoms with Crippen molar-refractivity contribution in [3.05, 3.63) is 72.2 Å². The summed E-state index contributed by atoms with van der Waals surface area (Å²) in [6.07, 6.45) is 3.64. The van der Waals surface area contributed by atoms with Gasteiger partial charge >= 0.3 is 13.1 Å². The minimum Gasteiger partial charge on any atom is -0.399 e. The van der Waals surface area contributed by atoms with Crippen LogP contribution in [0.25, 0.3) is 11.3 Å². The highest BCUT2D eigenvalue weighted by Gasteiger charge is 2.51. The third-order valence-electron chi connectivity index (χ3n) is 7.07. The van der Waals surface area contributed by atoms with E-state index in [4.69, 9.17) is 14.1 Å². The molecule has 176 valence electrons. The number of hydrogen-bond donors (Lipinski definition) is 1. The molecule has 1 aromatic heterocycles. The molecule has 8 heteroatoms. The Hall–Kier alpha value is -2.94. The fourth-order valence-corrected chi connectivity index (χ4v) is 4.31. The van der Waals surface area contributed by atoms with Gasteiger partial charge in [0, 0.05) is 6.54 Å². The van der Waals surface area contributed by atoms with Gasteiger partial charge in [0.2, 0.25) is 0 Å². The van der Waals surface area contributed by atoms with Crippen LogP contribution in [-0.2, 0) is 14.1 Å². The van der Waals surface area contributed by atoms with Crippen molar-refractivity contribution in [1.29, 1.82) is 0 Å². The van der Waals surface area contributed by atoms with Gasteiger partial charge in [0.25, 0.3) is 0 Å². The fourth-order valence-electron chi connectivity index (χ4n) is 4.31. The third kappa shape index (κ3) is 4.29. The molecule has 3 heterocycles. The molecule has 0 aliphatic carbocycles. The molecular weight excluding hydrogens is 429 g/mol. The molecule has 0 radical (unpaired) electrons. The molecule has 2 saturated heterocycles. The zero-order valence-electron chi connectivity index (χ0n) is 20.1. The van der Waals surface area contributed by atoms with Gasteiger partial charge in [0.1, 0.15) is 11.9 Å². The number of aromatic amines is 1. The summed E-state index contributed by atoms with van der Waals surface area (Å²) in [4.78, 5) is 26.2. The van der Waals surface area contributed by atoms with Crippen LogP contribution in [0.3, 0.4) is 0 Å². The Labute approximate surface area is 200 Å². The van der Waals surface area contributed by atoms with E-state index in [0.29, 0.717) is 12.1 Å². The van der Waals surface area contributed by atoms with Crippen molar-refractivity contribution in [3.63, 3.8) is 0 Å². The van der Waals surface area contributed by atoms with E-state index in [1.807, 2.05) is 48.7 Å². The summed E-state index contributed by atoms with van der Waals surface area (Å²) < 4.78 is 12.3. The molecule has 34 heavy (non-hydrogen) atoms. The van der Waals surface area contributed by atoms with Crippen LogP contribution in [0.15, 0.2) is 60.8 Å². The number of carbonyl (C=O) groups is 1. The van der Waals surface area contributed by atoms with E-state index in [1.54, 1.807) is 17.2 Å². The average molecular weight is 459 g/mol. The molecule has 2 aromatic carbocycles. The van der Waals surface area contributed by atoms with Crippen LogP contribution < -0.4 is 5.46 Å². The van der Waals surface area contributed by atoms with E-state index >= 15 is 0 Å². The first kappa shape index (κ1) is 22.8. The van der Waals surface area contributed by atoms with Crippen molar-refractivity contribution in [2.75, 3.05) is 6.54 Å². The number of nitrogens with zero attached hydrogens (tertiary/aromatic N) is 2. The summed E-state index contributed by atoms with van der Waals surface area (Å²) in [6, 6.07) is 17.1. The van der Waals surface area contributed by atoms with Gasteiger partial charge in [0.05, 0.1) is 28.7 Å². The highest BCUT2D eigenvalue weighted by atomic mass is 16.7. The molecule has 0 bridgehead atoms. The van der Waals surface area contributed by atoms with Gasteiger partial charge in [0.15, 0.2) is 0 Å². The number of rotatable bonds is 5. The molecule has 3 aromatic rings. The largest absolute Gasteiger partial charge is 0.494 e. The maximum atomic E-state index is 12.5. The standard InChI is InChI=1S/C26H30BN3O4/c1-25(2)26(3,4)34-27(33-25)20-14-12-18(13-15-20)21-17-28-23(29-21)22-11-8-16-30(22)32-24(31)19-9-6-5-7-10-19/h5-7,9-10,12-15,17,22H,8,11,16H2,1-4H3,(H,28,29)/t22-/m0/s1. The molecule has 1 atom stereocenters. The van der Waals surface area contributed by atoms with Gasteiger partial charge in [-0.2, -0.15) is 0 Å². The zero-order valence-corrected chi connectivity index (χ0v) is 20.1. The first-order valence-corrected chi connectivity index (χ1v) is 11.8. The summed E-state index contributed by atoms with van der Waals surface area (Å²) in [5.74, 6) is 0.445. The van der Waals surface area contributed by atoms with Gasteiger partial charge in [-0.1, -0.05) is 42.5 Å².